The molecule has 2 aliphatic rings. The van der Waals surface area contributed by atoms with Crippen LogP contribution in [0.25, 0.3) is 0 Å². The van der Waals surface area contributed by atoms with Gasteiger partial charge in [-0.15, -0.1) is 11.6 Å². The fraction of sp³-hybridized carbons (Fsp3) is 0.867. The Hall–Kier alpha value is -0.130. The molecule has 2 heterocycles. The first-order valence-electron chi connectivity index (χ1n) is 7.82. The highest BCUT2D eigenvalue weighted by Gasteiger charge is 2.29. The number of nitrogens with zero attached hydrogens (tertiary/aromatic N) is 2. The normalized spacial score (nSPS) is 25.2. The zero-order valence-corrected chi connectivity index (χ0v) is 13.8. The standard InChI is InChI=1S/C15H29ClN4/c1-12(2)14(13(3)19-8-4-17-5-9-19)15(16)20-10-6-18-7-11-20/h13,15,17-18H,4-11H2,1-3H3. The highest BCUT2D eigenvalue weighted by atomic mass is 35.5. The molecule has 2 saturated heterocycles. The molecule has 2 aliphatic heterocycles. The molecule has 2 unspecified atom stereocenters. The molecule has 4 nitrogen and oxygen atoms in total. The molecule has 0 bridgehead atoms. The van der Waals surface area contributed by atoms with Gasteiger partial charge in [0, 0.05) is 58.4 Å². The number of allylic oxidation sites excluding steroid dienone is 1. The second-order valence-electron chi connectivity index (χ2n) is 6.04. The van der Waals surface area contributed by atoms with Crippen molar-refractivity contribution in [2.24, 2.45) is 0 Å². The Balaban J connectivity index is 2.07. The average molecular weight is 301 g/mol. The van der Waals surface area contributed by atoms with Crippen molar-refractivity contribution in [2.75, 3.05) is 52.4 Å². The van der Waals surface area contributed by atoms with Crippen molar-refractivity contribution in [3.05, 3.63) is 11.1 Å². The molecule has 0 aromatic rings. The Morgan fingerprint density at radius 3 is 1.80 bits per heavy atom. The quantitative estimate of drug-likeness (QED) is 0.462. The molecule has 2 fully saturated rings. The first kappa shape index (κ1) is 16.2. The van der Waals surface area contributed by atoms with Crippen LogP contribution in [0.1, 0.15) is 20.8 Å². The van der Waals surface area contributed by atoms with Crippen LogP contribution in [0.4, 0.5) is 0 Å². The minimum absolute atomic E-state index is 0.0342. The van der Waals surface area contributed by atoms with Crippen LogP contribution in [-0.4, -0.2) is 73.7 Å². The maximum absolute atomic E-state index is 6.83. The molecule has 2 rings (SSSR count). The number of alkyl halides is 1. The highest BCUT2D eigenvalue weighted by Crippen LogP contribution is 2.25. The predicted molar refractivity (Wildman–Crippen MR) is 86.4 cm³/mol. The minimum atomic E-state index is 0.0342. The fourth-order valence-electron chi connectivity index (χ4n) is 3.23. The van der Waals surface area contributed by atoms with E-state index >= 15 is 0 Å². The summed E-state index contributed by atoms with van der Waals surface area (Å²) in [5.74, 6) is 0. The van der Waals surface area contributed by atoms with E-state index in [1.807, 2.05) is 0 Å². The van der Waals surface area contributed by atoms with Crippen LogP contribution in [-0.2, 0) is 0 Å². The van der Waals surface area contributed by atoms with Gasteiger partial charge in [-0.2, -0.15) is 0 Å². The lowest BCUT2D eigenvalue weighted by Gasteiger charge is -2.40. The SMILES string of the molecule is CC(C)=C(C(C)N1CCNCC1)C(Cl)N1CCNCC1. The zero-order chi connectivity index (χ0) is 14.5. The van der Waals surface area contributed by atoms with Gasteiger partial charge in [0.05, 0.1) is 0 Å². The summed E-state index contributed by atoms with van der Waals surface area (Å²) in [5, 5.41) is 6.82. The van der Waals surface area contributed by atoms with Gasteiger partial charge in [-0.25, -0.2) is 0 Å². The number of hydrogen-bond donors (Lipinski definition) is 2. The van der Waals surface area contributed by atoms with Gasteiger partial charge in [0.15, 0.2) is 0 Å². The van der Waals surface area contributed by atoms with Crippen LogP contribution in [0.5, 0.6) is 0 Å². The minimum Gasteiger partial charge on any atom is -0.314 e. The van der Waals surface area contributed by atoms with E-state index in [1.165, 1.54) is 11.1 Å². The van der Waals surface area contributed by atoms with E-state index in [9.17, 15) is 0 Å². The van der Waals surface area contributed by atoms with Gasteiger partial charge in [0.25, 0.3) is 0 Å². The number of rotatable bonds is 4. The van der Waals surface area contributed by atoms with Gasteiger partial charge in [-0.3, -0.25) is 9.80 Å². The summed E-state index contributed by atoms with van der Waals surface area (Å²) in [6.45, 7) is 15.3. The van der Waals surface area contributed by atoms with Gasteiger partial charge in [0.1, 0.15) is 5.50 Å². The smallest absolute Gasteiger partial charge is 0.108 e. The molecule has 0 aromatic heterocycles. The summed E-state index contributed by atoms with van der Waals surface area (Å²) < 4.78 is 0. The first-order chi connectivity index (χ1) is 9.61. The summed E-state index contributed by atoms with van der Waals surface area (Å²) in [5.41, 5.74) is 2.80. The van der Waals surface area contributed by atoms with Crippen LogP contribution in [0.15, 0.2) is 11.1 Å². The van der Waals surface area contributed by atoms with Gasteiger partial charge in [0.2, 0.25) is 0 Å². The van der Waals surface area contributed by atoms with Crippen molar-refractivity contribution >= 4 is 11.6 Å². The Kier molecular flexibility index (Phi) is 6.30. The second-order valence-corrected chi connectivity index (χ2v) is 6.45. The molecule has 0 amide bonds. The molecule has 2 N–H and O–H groups in total. The lowest BCUT2D eigenvalue weighted by atomic mass is 10.00. The molecular formula is C15H29ClN4. The average Bonchev–Trinajstić information content (AvgIpc) is 2.48. The van der Waals surface area contributed by atoms with Crippen LogP contribution >= 0.6 is 11.6 Å². The Labute approximate surface area is 128 Å². The van der Waals surface area contributed by atoms with Crippen molar-refractivity contribution in [2.45, 2.75) is 32.3 Å². The molecule has 2 atom stereocenters. The van der Waals surface area contributed by atoms with E-state index < -0.39 is 0 Å². The molecule has 0 radical (unpaired) electrons. The largest absolute Gasteiger partial charge is 0.314 e. The highest BCUT2D eigenvalue weighted by molar-refractivity contribution is 6.22. The summed E-state index contributed by atoms with van der Waals surface area (Å²) in [6.07, 6.45) is 0. The van der Waals surface area contributed by atoms with E-state index in [0.717, 1.165) is 52.4 Å². The van der Waals surface area contributed by atoms with Crippen LogP contribution in [0.3, 0.4) is 0 Å². The molecule has 0 aromatic carbocycles. The third kappa shape index (κ3) is 3.95. The summed E-state index contributed by atoms with van der Waals surface area (Å²) >= 11 is 6.83. The van der Waals surface area contributed by atoms with Gasteiger partial charge < -0.3 is 10.6 Å². The van der Waals surface area contributed by atoms with Crippen LogP contribution < -0.4 is 10.6 Å². The van der Waals surface area contributed by atoms with Crippen molar-refractivity contribution in [3.63, 3.8) is 0 Å². The topological polar surface area (TPSA) is 30.5 Å². The van der Waals surface area contributed by atoms with Crippen molar-refractivity contribution in [1.29, 1.82) is 0 Å². The van der Waals surface area contributed by atoms with E-state index in [2.05, 4.69) is 41.2 Å². The molecule has 0 aliphatic carbocycles. The van der Waals surface area contributed by atoms with Crippen molar-refractivity contribution in [3.8, 4) is 0 Å². The number of hydrogen-bond acceptors (Lipinski definition) is 4. The summed E-state index contributed by atoms with van der Waals surface area (Å²) in [7, 11) is 0. The van der Waals surface area contributed by atoms with Crippen LogP contribution in [0.2, 0.25) is 0 Å². The Morgan fingerprint density at radius 1 is 0.900 bits per heavy atom. The Morgan fingerprint density at radius 2 is 1.35 bits per heavy atom. The summed E-state index contributed by atoms with van der Waals surface area (Å²) in [4.78, 5) is 4.95. The monoisotopic (exact) mass is 300 g/mol. The first-order valence-corrected chi connectivity index (χ1v) is 8.25. The lowest BCUT2D eigenvalue weighted by Crippen LogP contribution is -2.52. The van der Waals surface area contributed by atoms with Crippen molar-refractivity contribution < 1.29 is 0 Å². The number of nitrogens with one attached hydrogen (secondary N) is 2. The second kappa shape index (κ2) is 7.76. The number of halogens is 1. The zero-order valence-electron chi connectivity index (χ0n) is 13.1. The molecule has 0 spiro atoms. The van der Waals surface area contributed by atoms with Gasteiger partial charge in [-0.05, 0) is 26.3 Å². The third-order valence-corrected chi connectivity index (χ3v) is 4.97. The molecule has 116 valence electrons. The van der Waals surface area contributed by atoms with E-state index in [0.29, 0.717) is 6.04 Å². The molecule has 20 heavy (non-hydrogen) atoms. The molecular weight excluding hydrogens is 272 g/mol. The van der Waals surface area contributed by atoms with Crippen LogP contribution in [0, 0.1) is 0 Å². The maximum atomic E-state index is 6.83. The van der Waals surface area contributed by atoms with Gasteiger partial charge >= 0.3 is 0 Å². The van der Waals surface area contributed by atoms with E-state index in [1.54, 1.807) is 0 Å². The van der Waals surface area contributed by atoms with E-state index in [-0.39, 0.29) is 5.50 Å². The van der Waals surface area contributed by atoms with E-state index in [4.69, 9.17) is 11.6 Å². The van der Waals surface area contributed by atoms with Crippen molar-refractivity contribution in [1.82, 2.24) is 20.4 Å². The fourth-order valence-corrected chi connectivity index (χ4v) is 3.82. The number of piperazine rings is 2. The Bertz CT molecular complexity index is 303. The molecule has 0 saturated carbocycles. The predicted octanol–water partition coefficient (Wildman–Crippen LogP) is 1.09. The maximum Gasteiger partial charge on any atom is 0.108 e. The third-order valence-electron chi connectivity index (χ3n) is 4.46. The molecule has 5 heteroatoms. The van der Waals surface area contributed by atoms with Gasteiger partial charge in [-0.1, -0.05) is 5.57 Å². The summed E-state index contributed by atoms with van der Waals surface area (Å²) in [6, 6.07) is 0.430. The lowest BCUT2D eigenvalue weighted by molar-refractivity contribution is 0.179.